The second-order valence-corrected chi connectivity index (χ2v) is 7.39. The molecule has 2 amide bonds. The normalized spacial score (nSPS) is 15.0. The number of amides is 2. The molecule has 0 saturated carbocycles. The van der Waals surface area contributed by atoms with Crippen molar-refractivity contribution >= 4 is 11.8 Å². The standard InChI is InChI=1S/C22H23F3N2O2/c1-15(2)20(28)26-11-13-27(14-12-26)21(29)19-6-4-3-5-18(19)16-7-9-17(10-8-16)22(23,24)25/h3-10,15H,11-14H2,1-2H3. The Balaban J connectivity index is 1.79. The molecule has 2 aromatic rings. The second-order valence-electron chi connectivity index (χ2n) is 7.39. The number of nitrogens with zero attached hydrogens (tertiary/aromatic N) is 2. The second kappa shape index (κ2) is 8.27. The van der Waals surface area contributed by atoms with E-state index < -0.39 is 11.7 Å². The highest BCUT2D eigenvalue weighted by molar-refractivity contribution is 6.01. The van der Waals surface area contributed by atoms with Crippen molar-refractivity contribution in [1.82, 2.24) is 9.80 Å². The number of carbonyl (C=O) groups excluding carboxylic acids is 2. The molecular weight excluding hydrogens is 381 g/mol. The lowest BCUT2D eigenvalue weighted by Crippen LogP contribution is -2.51. The molecule has 1 saturated heterocycles. The third-order valence-electron chi connectivity index (χ3n) is 5.05. The molecule has 0 bridgehead atoms. The van der Waals surface area contributed by atoms with E-state index in [4.69, 9.17) is 0 Å². The van der Waals surface area contributed by atoms with Crippen LogP contribution in [0.15, 0.2) is 48.5 Å². The molecule has 0 unspecified atom stereocenters. The lowest BCUT2D eigenvalue weighted by atomic mass is 9.97. The fraction of sp³-hybridized carbons (Fsp3) is 0.364. The summed E-state index contributed by atoms with van der Waals surface area (Å²) in [5.74, 6) is -0.197. The first-order chi connectivity index (χ1) is 13.7. The summed E-state index contributed by atoms with van der Waals surface area (Å²) in [6.45, 7) is 5.51. The summed E-state index contributed by atoms with van der Waals surface area (Å²) in [6, 6.07) is 11.7. The Morgan fingerprint density at radius 2 is 1.41 bits per heavy atom. The van der Waals surface area contributed by atoms with Crippen LogP contribution >= 0.6 is 0 Å². The molecule has 4 nitrogen and oxygen atoms in total. The summed E-state index contributed by atoms with van der Waals surface area (Å²) < 4.78 is 38.5. The maximum absolute atomic E-state index is 13.1. The zero-order valence-corrected chi connectivity index (χ0v) is 16.4. The van der Waals surface area contributed by atoms with Gasteiger partial charge < -0.3 is 9.80 Å². The van der Waals surface area contributed by atoms with Gasteiger partial charge in [0.1, 0.15) is 0 Å². The molecule has 29 heavy (non-hydrogen) atoms. The number of halogens is 3. The fourth-order valence-corrected chi connectivity index (χ4v) is 3.43. The van der Waals surface area contributed by atoms with Gasteiger partial charge in [0.25, 0.3) is 5.91 Å². The zero-order chi connectivity index (χ0) is 21.2. The summed E-state index contributed by atoms with van der Waals surface area (Å²) >= 11 is 0. The van der Waals surface area contributed by atoms with Crippen molar-refractivity contribution < 1.29 is 22.8 Å². The summed E-state index contributed by atoms with van der Waals surface area (Å²) in [4.78, 5) is 28.6. The first-order valence-corrected chi connectivity index (χ1v) is 9.53. The van der Waals surface area contributed by atoms with E-state index in [9.17, 15) is 22.8 Å². The van der Waals surface area contributed by atoms with Crippen LogP contribution in [-0.2, 0) is 11.0 Å². The monoisotopic (exact) mass is 404 g/mol. The van der Waals surface area contributed by atoms with E-state index in [0.29, 0.717) is 42.9 Å². The summed E-state index contributed by atoms with van der Waals surface area (Å²) in [5.41, 5.74) is 0.856. The van der Waals surface area contributed by atoms with Crippen molar-refractivity contribution in [2.45, 2.75) is 20.0 Å². The summed E-state index contributed by atoms with van der Waals surface area (Å²) in [7, 11) is 0. The predicted octanol–water partition coefficient (Wildman–Crippen LogP) is 4.31. The van der Waals surface area contributed by atoms with Crippen LogP contribution in [0.3, 0.4) is 0 Å². The zero-order valence-electron chi connectivity index (χ0n) is 16.4. The van der Waals surface area contributed by atoms with Gasteiger partial charge in [0.15, 0.2) is 0 Å². The van der Waals surface area contributed by atoms with Crippen LogP contribution < -0.4 is 0 Å². The van der Waals surface area contributed by atoms with Gasteiger partial charge >= 0.3 is 6.18 Å². The Morgan fingerprint density at radius 1 is 0.862 bits per heavy atom. The average molecular weight is 404 g/mol. The van der Waals surface area contributed by atoms with E-state index >= 15 is 0 Å². The maximum atomic E-state index is 13.1. The Labute approximate surface area is 167 Å². The molecule has 154 valence electrons. The topological polar surface area (TPSA) is 40.6 Å². The number of carbonyl (C=O) groups is 2. The van der Waals surface area contributed by atoms with Gasteiger partial charge in [0.05, 0.1) is 5.56 Å². The highest BCUT2D eigenvalue weighted by Gasteiger charge is 2.30. The minimum absolute atomic E-state index is 0.0715. The minimum atomic E-state index is -4.40. The van der Waals surface area contributed by atoms with Gasteiger partial charge in [0.2, 0.25) is 5.91 Å². The Hall–Kier alpha value is -2.83. The van der Waals surface area contributed by atoms with Crippen LogP contribution in [0.2, 0.25) is 0 Å². The number of hydrogen-bond acceptors (Lipinski definition) is 2. The van der Waals surface area contributed by atoms with E-state index in [1.54, 1.807) is 34.1 Å². The van der Waals surface area contributed by atoms with Crippen molar-refractivity contribution in [3.8, 4) is 11.1 Å². The molecule has 1 fully saturated rings. The van der Waals surface area contributed by atoms with Crippen molar-refractivity contribution in [2.24, 2.45) is 5.92 Å². The predicted molar refractivity (Wildman–Crippen MR) is 104 cm³/mol. The molecule has 1 aliphatic heterocycles. The van der Waals surface area contributed by atoms with E-state index in [-0.39, 0.29) is 17.7 Å². The summed E-state index contributed by atoms with van der Waals surface area (Å²) in [5, 5.41) is 0. The van der Waals surface area contributed by atoms with Gasteiger partial charge in [-0.2, -0.15) is 13.2 Å². The van der Waals surface area contributed by atoms with Crippen LogP contribution in [0.1, 0.15) is 29.8 Å². The van der Waals surface area contributed by atoms with Crippen molar-refractivity contribution in [2.75, 3.05) is 26.2 Å². The molecular formula is C22H23F3N2O2. The van der Waals surface area contributed by atoms with Gasteiger partial charge in [-0.3, -0.25) is 9.59 Å². The van der Waals surface area contributed by atoms with Crippen molar-refractivity contribution in [3.63, 3.8) is 0 Å². The van der Waals surface area contributed by atoms with Crippen LogP contribution in [0, 0.1) is 5.92 Å². The highest BCUT2D eigenvalue weighted by Crippen LogP contribution is 2.32. The van der Waals surface area contributed by atoms with Crippen LogP contribution in [-0.4, -0.2) is 47.8 Å². The van der Waals surface area contributed by atoms with E-state index in [2.05, 4.69) is 0 Å². The molecule has 0 aromatic heterocycles. The molecule has 7 heteroatoms. The number of piperazine rings is 1. The molecule has 0 aliphatic carbocycles. The molecule has 0 spiro atoms. The van der Waals surface area contributed by atoms with Gasteiger partial charge in [-0.1, -0.05) is 44.2 Å². The Bertz CT molecular complexity index is 884. The number of alkyl halides is 3. The molecule has 0 radical (unpaired) electrons. The summed E-state index contributed by atoms with van der Waals surface area (Å²) in [6.07, 6.45) is -4.40. The van der Waals surface area contributed by atoms with E-state index in [1.807, 2.05) is 13.8 Å². The molecule has 1 aliphatic rings. The van der Waals surface area contributed by atoms with E-state index in [0.717, 1.165) is 12.1 Å². The highest BCUT2D eigenvalue weighted by atomic mass is 19.4. The van der Waals surface area contributed by atoms with Crippen molar-refractivity contribution in [1.29, 1.82) is 0 Å². The first-order valence-electron chi connectivity index (χ1n) is 9.53. The lowest BCUT2D eigenvalue weighted by Gasteiger charge is -2.36. The van der Waals surface area contributed by atoms with Crippen LogP contribution in [0.4, 0.5) is 13.2 Å². The maximum Gasteiger partial charge on any atom is 0.416 e. The van der Waals surface area contributed by atoms with Gasteiger partial charge in [0, 0.05) is 37.7 Å². The molecule has 0 atom stereocenters. The number of rotatable bonds is 3. The number of benzene rings is 2. The molecule has 2 aromatic carbocycles. The molecule has 1 heterocycles. The Kier molecular flexibility index (Phi) is 5.96. The minimum Gasteiger partial charge on any atom is -0.339 e. The quantitative estimate of drug-likeness (QED) is 0.765. The van der Waals surface area contributed by atoms with Crippen molar-refractivity contribution in [3.05, 3.63) is 59.7 Å². The smallest absolute Gasteiger partial charge is 0.339 e. The van der Waals surface area contributed by atoms with Crippen LogP contribution in [0.25, 0.3) is 11.1 Å². The molecule has 0 N–H and O–H groups in total. The fourth-order valence-electron chi connectivity index (χ4n) is 3.43. The Morgan fingerprint density at radius 3 is 1.97 bits per heavy atom. The lowest BCUT2D eigenvalue weighted by molar-refractivity contribution is -0.137. The van der Waals surface area contributed by atoms with Gasteiger partial charge in [-0.25, -0.2) is 0 Å². The van der Waals surface area contributed by atoms with Crippen LogP contribution in [0.5, 0.6) is 0 Å². The average Bonchev–Trinajstić information content (AvgIpc) is 2.72. The SMILES string of the molecule is CC(C)C(=O)N1CCN(C(=O)c2ccccc2-c2ccc(C(F)(F)F)cc2)CC1. The third kappa shape index (κ3) is 4.60. The first kappa shape index (κ1) is 20.9. The largest absolute Gasteiger partial charge is 0.416 e. The third-order valence-corrected chi connectivity index (χ3v) is 5.05. The molecule has 3 rings (SSSR count). The van der Waals surface area contributed by atoms with E-state index in [1.165, 1.54) is 12.1 Å². The van der Waals surface area contributed by atoms with Gasteiger partial charge in [-0.15, -0.1) is 0 Å². The number of hydrogen-bond donors (Lipinski definition) is 0. The van der Waals surface area contributed by atoms with Gasteiger partial charge in [-0.05, 0) is 29.3 Å².